The Morgan fingerprint density at radius 3 is 2.52 bits per heavy atom. The lowest BCUT2D eigenvalue weighted by Gasteiger charge is -2.08. The van der Waals surface area contributed by atoms with Gasteiger partial charge in [0.15, 0.2) is 0 Å². The fraction of sp³-hybridized carbons (Fsp3) is 0.167. The summed E-state index contributed by atoms with van der Waals surface area (Å²) in [5.41, 5.74) is 3.46. The molecule has 0 saturated heterocycles. The first-order valence-electron chi connectivity index (χ1n) is 7.82. The van der Waals surface area contributed by atoms with Crippen LogP contribution in [0.25, 0.3) is 11.4 Å². The van der Waals surface area contributed by atoms with E-state index in [-0.39, 0.29) is 5.97 Å². The van der Waals surface area contributed by atoms with Gasteiger partial charge in [0.25, 0.3) is 0 Å². The van der Waals surface area contributed by atoms with E-state index in [9.17, 15) is 4.79 Å². The van der Waals surface area contributed by atoms with Crippen LogP contribution < -0.4 is 5.32 Å². The van der Waals surface area contributed by atoms with E-state index in [0.29, 0.717) is 29.5 Å². The molecule has 7 nitrogen and oxygen atoms in total. The Morgan fingerprint density at radius 2 is 1.80 bits per heavy atom. The first-order chi connectivity index (χ1) is 12.2. The second kappa shape index (κ2) is 7.48. The molecule has 0 unspecified atom stereocenters. The number of nitrogens with one attached hydrogen (secondary N) is 1. The van der Waals surface area contributed by atoms with Crippen LogP contribution in [-0.2, 0) is 4.74 Å². The first kappa shape index (κ1) is 16.5. The molecule has 0 fully saturated rings. The third-order valence-corrected chi connectivity index (χ3v) is 3.43. The van der Waals surface area contributed by atoms with Crippen molar-refractivity contribution in [2.24, 2.45) is 0 Å². The minimum absolute atomic E-state index is 0.342. The van der Waals surface area contributed by atoms with Gasteiger partial charge in [0.05, 0.1) is 23.6 Å². The van der Waals surface area contributed by atoms with E-state index in [1.807, 2.05) is 6.92 Å². The van der Waals surface area contributed by atoms with Gasteiger partial charge in [0.1, 0.15) is 5.69 Å². The van der Waals surface area contributed by atoms with E-state index >= 15 is 0 Å². The largest absolute Gasteiger partial charge is 0.462 e. The van der Waals surface area contributed by atoms with E-state index in [2.05, 4.69) is 25.3 Å². The van der Waals surface area contributed by atoms with E-state index in [4.69, 9.17) is 4.74 Å². The summed E-state index contributed by atoms with van der Waals surface area (Å²) in [6, 6.07) is 8.71. The summed E-state index contributed by atoms with van der Waals surface area (Å²) in [7, 11) is 0. The number of benzene rings is 1. The smallest absolute Gasteiger partial charge is 0.338 e. The quantitative estimate of drug-likeness (QED) is 0.716. The van der Waals surface area contributed by atoms with Crippen molar-refractivity contribution in [1.82, 2.24) is 19.9 Å². The number of aryl methyl sites for hydroxylation is 1. The molecular formula is C18H17N5O2. The standard InChI is InChI=1S/C18H17N5O2/c1-3-25-17(24)13-4-6-14(7-5-13)22-18-21-9-8-15(23-18)16-12(2)19-10-11-20-16/h4-11H,3H2,1-2H3,(H,21,22,23). The van der Waals surface area contributed by atoms with Crippen molar-refractivity contribution in [3.05, 3.63) is 60.2 Å². The molecule has 2 heterocycles. The molecule has 3 rings (SSSR count). The van der Waals surface area contributed by atoms with Crippen LogP contribution in [0.5, 0.6) is 0 Å². The Hall–Kier alpha value is -3.35. The molecule has 0 aliphatic heterocycles. The van der Waals surface area contributed by atoms with Gasteiger partial charge in [-0.1, -0.05) is 0 Å². The van der Waals surface area contributed by atoms with Gasteiger partial charge in [-0.25, -0.2) is 14.8 Å². The van der Waals surface area contributed by atoms with Crippen molar-refractivity contribution in [3.63, 3.8) is 0 Å². The van der Waals surface area contributed by atoms with Crippen molar-refractivity contribution in [2.75, 3.05) is 11.9 Å². The highest BCUT2D eigenvalue weighted by molar-refractivity contribution is 5.89. The van der Waals surface area contributed by atoms with Crippen LogP contribution in [0, 0.1) is 6.92 Å². The summed E-state index contributed by atoms with van der Waals surface area (Å²) in [5, 5.41) is 3.11. The maximum atomic E-state index is 11.7. The minimum Gasteiger partial charge on any atom is -0.462 e. The number of anilines is 2. The number of hydrogen-bond donors (Lipinski definition) is 1. The molecule has 25 heavy (non-hydrogen) atoms. The first-order valence-corrected chi connectivity index (χ1v) is 7.82. The van der Waals surface area contributed by atoms with Gasteiger partial charge in [0, 0.05) is 24.3 Å². The summed E-state index contributed by atoms with van der Waals surface area (Å²) in [6.45, 7) is 4.00. The average molecular weight is 335 g/mol. The number of carbonyl (C=O) groups excluding carboxylic acids is 1. The highest BCUT2D eigenvalue weighted by Crippen LogP contribution is 2.19. The SMILES string of the molecule is CCOC(=O)c1ccc(Nc2nccc(-c3nccnc3C)n2)cc1. The minimum atomic E-state index is -0.342. The van der Waals surface area contributed by atoms with Crippen LogP contribution in [0.3, 0.4) is 0 Å². The predicted octanol–water partition coefficient (Wildman–Crippen LogP) is 3.16. The topological polar surface area (TPSA) is 89.9 Å². The van der Waals surface area contributed by atoms with E-state index in [0.717, 1.165) is 11.4 Å². The average Bonchev–Trinajstić information content (AvgIpc) is 2.63. The molecule has 0 amide bonds. The molecule has 7 heteroatoms. The third-order valence-electron chi connectivity index (χ3n) is 3.43. The van der Waals surface area contributed by atoms with Crippen LogP contribution >= 0.6 is 0 Å². The molecular weight excluding hydrogens is 318 g/mol. The monoisotopic (exact) mass is 335 g/mol. The molecule has 0 saturated carbocycles. The van der Waals surface area contributed by atoms with E-state index in [1.165, 1.54) is 0 Å². The van der Waals surface area contributed by atoms with E-state index < -0.39 is 0 Å². The number of ether oxygens (including phenoxy) is 1. The Kier molecular flexibility index (Phi) is 4.94. The molecule has 0 atom stereocenters. The van der Waals surface area contributed by atoms with Crippen LogP contribution in [0.1, 0.15) is 23.0 Å². The molecule has 0 spiro atoms. The van der Waals surface area contributed by atoms with E-state index in [1.54, 1.807) is 55.8 Å². The summed E-state index contributed by atoms with van der Waals surface area (Å²) >= 11 is 0. The number of esters is 1. The van der Waals surface area contributed by atoms with Gasteiger partial charge in [0.2, 0.25) is 5.95 Å². The Morgan fingerprint density at radius 1 is 1.04 bits per heavy atom. The zero-order valence-corrected chi connectivity index (χ0v) is 13.9. The van der Waals surface area contributed by atoms with Gasteiger partial charge >= 0.3 is 5.97 Å². The maximum absolute atomic E-state index is 11.7. The fourth-order valence-corrected chi connectivity index (χ4v) is 2.24. The van der Waals surface area contributed by atoms with Crippen LogP contribution in [0.4, 0.5) is 11.6 Å². The number of aromatic nitrogens is 4. The molecule has 3 aromatic rings. The van der Waals surface area contributed by atoms with Crippen molar-refractivity contribution in [1.29, 1.82) is 0 Å². The zero-order valence-electron chi connectivity index (χ0n) is 13.9. The molecule has 0 radical (unpaired) electrons. The van der Waals surface area contributed by atoms with Crippen molar-refractivity contribution in [2.45, 2.75) is 13.8 Å². The lowest BCUT2D eigenvalue weighted by atomic mass is 10.2. The third kappa shape index (κ3) is 3.95. The predicted molar refractivity (Wildman–Crippen MR) is 93.5 cm³/mol. The zero-order chi connectivity index (χ0) is 17.6. The summed E-state index contributed by atoms with van der Waals surface area (Å²) in [4.78, 5) is 28.9. The number of hydrogen-bond acceptors (Lipinski definition) is 7. The lowest BCUT2D eigenvalue weighted by molar-refractivity contribution is 0.0526. The normalized spacial score (nSPS) is 10.3. The fourth-order valence-electron chi connectivity index (χ4n) is 2.24. The van der Waals surface area contributed by atoms with Gasteiger partial charge in [-0.05, 0) is 44.2 Å². The van der Waals surface area contributed by atoms with Crippen molar-refractivity contribution in [3.8, 4) is 11.4 Å². The molecule has 0 bridgehead atoms. The summed E-state index contributed by atoms with van der Waals surface area (Å²) < 4.78 is 4.97. The summed E-state index contributed by atoms with van der Waals surface area (Å²) in [6.07, 6.45) is 4.93. The number of rotatable bonds is 5. The molecule has 2 aromatic heterocycles. The molecule has 0 aliphatic carbocycles. The van der Waals surface area contributed by atoms with Crippen LogP contribution in [0.2, 0.25) is 0 Å². The van der Waals surface area contributed by atoms with Gasteiger partial charge < -0.3 is 10.1 Å². The number of carbonyl (C=O) groups is 1. The second-order valence-corrected chi connectivity index (χ2v) is 5.18. The maximum Gasteiger partial charge on any atom is 0.338 e. The Bertz CT molecular complexity index is 881. The Labute approximate surface area is 145 Å². The van der Waals surface area contributed by atoms with Crippen LogP contribution in [0.15, 0.2) is 48.9 Å². The van der Waals surface area contributed by atoms with Crippen molar-refractivity contribution >= 4 is 17.6 Å². The highest BCUT2D eigenvalue weighted by atomic mass is 16.5. The summed E-state index contributed by atoms with van der Waals surface area (Å²) in [5.74, 6) is 0.0943. The Balaban J connectivity index is 1.79. The molecule has 126 valence electrons. The number of nitrogens with zero attached hydrogens (tertiary/aromatic N) is 4. The van der Waals surface area contributed by atoms with Crippen LogP contribution in [-0.4, -0.2) is 32.5 Å². The molecule has 1 N–H and O–H groups in total. The van der Waals surface area contributed by atoms with Gasteiger partial charge in [-0.2, -0.15) is 0 Å². The van der Waals surface area contributed by atoms with Gasteiger partial charge in [-0.3, -0.25) is 9.97 Å². The molecule has 1 aromatic carbocycles. The van der Waals surface area contributed by atoms with Gasteiger partial charge in [-0.15, -0.1) is 0 Å². The lowest BCUT2D eigenvalue weighted by Crippen LogP contribution is -2.04. The second-order valence-electron chi connectivity index (χ2n) is 5.18. The molecule has 0 aliphatic rings. The van der Waals surface area contributed by atoms with Crippen molar-refractivity contribution < 1.29 is 9.53 Å². The highest BCUT2D eigenvalue weighted by Gasteiger charge is 2.09.